The Balaban J connectivity index is 2.20. The molecule has 3 heteroatoms. The average Bonchev–Trinajstić information content (AvgIpc) is 2.29. The van der Waals surface area contributed by atoms with E-state index in [1.54, 1.807) is 0 Å². The minimum atomic E-state index is 0.582. The molecular weight excluding hydrogens is 232 g/mol. The molecule has 1 aliphatic heterocycles. The first-order valence-corrected chi connectivity index (χ1v) is 6.60. The van der Waals surface area contributed by atoms with Crippen molar-refractivity contribution < 1.29 is 0 Å². The molecule has 1 saturated heterocycles. The zero-order valence-corrected chi connectivity index (χ0v) is 11.8. The number of likely N-dealkylation sites (N-methyl/N-ethyl adjacent to an activating group) is 1. The number of benzene rings is 1. The lowest BCUT2D eigenvalue weighted by Gasteiger charge is -2.43. The quantitative estimate of drug-likeness (QED) is 0.758. The summed E-state index contributed by atoms with van der Waals surface area (Å²) in [5.41, 5.74) is 2.39. The van der Waals surface area contributed by atoms with Crippen LogP contribution in [0.3, 0.4) is 0 Å². The van der Waals surface area contributed by atoms with Crippen LogP contribution in [0.5, 0.6) is 0 Å². The number of piperazine rings is 1. The number of anilines is 1. The van der Waals surface area contributed by atoms with Crippen LogP contribution in [0.2, 0.25) is 5.02 Å². The van der Waals surface area contributed by atoms with Crippen LogP contribution >= 0.6 is 11.6 Å². The second kappa shape index (κ2) is 4.87. The molecule has 94 valence electrons. The number of aryl methyl sites for hydroxylation is 1. The van der Waals surface area contributed by atoms with Crippen molar-refractivity contribution in [2.75, 3.05) is 25.0 Å². The summed E-state index contributed by atoms with van der Waals surface area (Å²) >= 11 is 6.20. The van der Waals surface area contributed by atoms with Gasteiger partial charge >= 0.3 is 0 Å². The number of nitrogens with zero attached hydrogens (tertiary/aromatic N) is 2. The van der Waals surface area contributed by atoms with Crippen LogP contribution in [0.4, 0.5) is 5.69 Å². The van der Waals surface area contributed by atoms with Crippen molar-refractivity contribution in [3.05, 3.63) is 28.8 Å². The summed E-state index contributed by atoms with van der Waals surface area (Å²) in [5, 5.41) is 0.863. The lowest BCUT2D eigenvalue weighted by atomic mass is 10.1. The molecule has 1 aliphatic rings. The molecule has 0 spiro atoms. The van der Waals surface area contributed by atoms with Gasteiger partial charge in [0.15, 0.2) is 0 Å². The normalized spacial score (nSPS) is 26.3. The summed E-state index contributed by atoms with van der Waals surface area (Å²) in [6.45, 7) is 8.73. The first-order chi connectivity index (χ1) is 7.99. The maximum absolute atomic E-state index is 6.20. The molecule has 2 atom stereocenters. The smallest absolute Gasteiger partial charge is 0.0455 e. The number of halogens is 1. The molecule has 1 aromatic carbocycles. The van der Waals surface area contributed by atoms with Crippen molar-refractivity contribution in [2.24, 2.45) is 0 Å². The molecule has 0 aromatic heterocycles. The summed E-state index contributed by atoms with van der Waals surface area (Å²) in [6.07, 6.45) is 0. The monoisotopic (exact) mass is 252 g/mol. The van der Waals surface area contributed by atoms with Gasteiger partial charge in [0.2, 0.25) is 0 Å². The Kier molecular flexibility index (Phi) is 3.64. The Labute approximate surface area is 109 Å². The highest BCUT2D eigenvalue weighted by atomic mass is 35.5. The third-order valence-corrected chi connectivity index (χ3v) is 4.29. The van der Waals surface area contributed by atoms with E-state index in [0.29, 0.717) is 12.1 Å². The van der Waals surface area contributed by atoms with E-state index in [0.717, 1.165) is 23.7 Å². The zero-order valence-electron chi connectivity index (χ0n) is 11.1. The molecule has 0 saturated carbocycles. The van der Waals surface area contributed by atoms with E-state index < -0.39 is 0 Å². The zero-order chi connectivity index (χ0) is 12.6. The number of rotatable bonds is 1. The summed E-state index contributed by atoms with van der Waals surface area (Å²) in [6, 6.07) is 7.52. The van der Waals surface area contributed by atoms with Crippen molar-refractivity contribution in [3.8, 4) is 0 Å². The standard InChI is InChI=1S/C14H21ClN2/c1-10-5-6-13(7-14(10)15)17-8-11(2)16(4)12(3)9-17/h5-7,11-12H,8-9H2,1-4H3. The van der Waals surface area contributed by atoms with Crippen molar-refractivity contribution in [1.29, 1.82) is 0 Å². The van der Waals surface area contributed by atoms with Gasteiger partial charge in [-0.1, -0.05) is 17.7 Å². The van der Waals surface area contributed by atoms with Gasteiger partial charge in [0.25, 0.3) is 0 Å². The van der Waals surface area contributed by atoms with E-state index in [9.17, 15) is 0 Å². The van der Waals surface area contributed by atoms with Crippen LogP contribution in [-0.4, -0.2) is 37.1 Å². The predicted octanol–water partition coefficient (Wildman–Crippen LogP) is 3.18. The van der Waals surface area contributed by atoms with E-state index in [4.69, 9.17) is 11.6 Å². The Morgan fingerprint density at radius 1 is 1.18 bits per heavy atom. The molecule has 0 bridgehead atoms. The van der Waals surface area contributed by atoms with Gasteiger partial charge in [-0.3, -0.25) is 4.90 Å². The Hall–Kier alpha value is -0.730. The molecule has 0 aliphatic carbocycles. The molecule has 2 nitrogen and oxygen atoms in total. The molecule has 1 aromatic rings. The molecule has 2 unspecified atom stereocenters. The second-order valence-electron chi connectivity index (χ2n) is 5.20. The molecular formula is C14H21ClN2. The summed E-state index contributed by atoms with van der Waals surface area (Å²) in [5.74, 6) is 0. The van der Waals surface area contributed by atoms with Crippen molar-refractivity contribution in [2.45, 2.75) is 32.9 Å². The minimum Gasteiger partial charge on any atom is -0.368 e. The third kappa shape index (κ3) is 2.58. The number of hydrogen-bond acceptors (Lipinski definition) is 2. The van der Waals surface area contributed by atoms with E-state index in [1.165, 1.54) is 5.69 Å². The SMILES string of the molecule is Cc1ccc(N2CC(C)N(C)C(C)C2)cc1Cl. The van der Waals surface area contributed by atoms with Crippen LogP contribution in [-0.2, 0) is 0 Å². The lowest BCUT2D eigenvalue weighted by molar-refractivity contribution is 0.170. The van der Waals surface area contributed by atoms with E-state index in [1.807, 2.05) is 6.92 Å². The largest absolute Gasteiger partial charge is 0.368 e. The fraction of sp³-hybridized carbons (Fsp3) is 0.571. The van der Waals surface area contributed by atoms with Gasteiger partial charge in [-0.2, -0.15) is 0 Å². The Bertz CT molecular complexity index is 393. The predicted molar refractivity (Wildman–Crippen MR) is 75.1 cm³/mol. The van der Waals surface area contributed by atoms with Gasteiger partial charge in [0.05, 0.1) is 0 Å². The topological polar surface area (TPSA) is 6.48 Å². The molecule has 1 fully saturated rings. The van der Waals surface area contributed by atoms with Gasteiger partial charge in [-0.25, -0.2) is 0 Å². The van der Waals surface area contributed by atoms with E-state index >= 15 is 0 Å². The van der Waals surface area contributed by atoms with Gasteiger partial charge in [-0.15, -0.1) is 0 Å². The van der Waals surface area contributed by atoms with Crippen molar-refractivity contribution in [1.82, 2.24) is 4.90 Å². The number of hydrogen-bond donors (Lipinski definition) is 0. The molecule has 0 amide bonds. The first kappa shape index (κ1) is 12.7. The van der Waals surface area contributed by atoms with Crippen LogP contribution < -0.4 is 4.90 Å². The molecule has 1 heterocycles. The van der Waals surface area contributed by atoms with Crippen LogP contribution in [0, 0.1) is 6.92 Å². The lowest BCUT2D eigenvalue weighted by Crippen LogP contribution is -2.55. The highest BCUT2D eigenvalue weighted by Gasteiger charge is 2.26. The summed E-state index contributed by atoms with van der Waals surface area (Å²) < 4.78 is 0. The van der Waals surface area contributed by atoms with Crippen LogP contribution in [0.15, 0.2) is 18.2 Å². The summed E-state index contributed by atoms with van der Waals surface area (Å²) in [7, 11) is 2.20. The Morgan fingerprint density at radius 3 is 2.29 bits per heavy atom. The minimum absolute atomic E-state index is 0.582. The first-order valence-electron chi connectivity index (χ1n) is 6.22. The van der Waals surface area contributed by atoms with Crippen molar-refractivity contribution in [3.63, 3.8) is 0 Å². The van der Waals surface area contributed by atoms with Gasteiger partial charge in [-0.05, 0) is 45.5 Å². The third-order valence-electron chi connectivity index (χ3n) is 3.88. The molecule has 2 rings (SSSR count). The maximum Gasteiger partial charge on any atom is 0.0455 e. The van der Waals surface area contributed by atoms with Crippen molar-refractivity contribution >= 4 is 17.3 Å². The summed E-state index contributed by atoms with van der Waals surface area (Å²) in [4.78, 5) is 4.87. The van der Waals surface area contributed by atoms with E-state index in [-0.39, 0.29) is 0 Å². The molecule has 0 N–H and O–H groups in total. The van der Waals surface area contributed by atoms with Crippen LogP contribution in [0.1, 0.15) is 19.4 Å². The average molecular weight is 253 g/mol. The fourth-order valence-corrected chi connectivity index (χ4v) is 2.57. The van der Waals surface area contributed by atoms with E-state index in [2.05, 4.69) is 48.9 Å². The highest BCUT2D eigenvalue weighted by molar-refractivity contribution is 6.31. The van der Waals surface area contributed by atoms with Gasteiger partial charge < -0.3 is 4.90 Å². The fourth-order valence-electron chi connectivity index (χ4n) is 2.39. The Morgan fingerprint density at radius 2 is 1.76 bits per heavy atom. The van der Waals surface area contributed by atoms with Crippen LogP contribution in [0.25, 0.3) is 0 Å². The maximum atomic E-state index is 6.20. The van der Waals surface area contributed by atoms with Gasteiger partial charge in [0, 0.05) is 35.9 Å². The second-order valence-corrected chi connectivity index (χ2v) is 5.61. The molecule has 0 radical (unpaired) electrons. The highest BCUT2D eigenvalue weighted by Crippen LogP contribution is 2.26. The van der Waals surface area contributed by atoms with Gasteiger partial charge in [0.1, 0.15) is 0 Å². The molecule has 17 heavy (non-hydrogen) atoms.